The first-order valence-corrected chi connectivity index (χ1v) is 13.2. The molecule has 5 heteroatoms. The molecule has 2 aromatic heterocycles. The van der Waals surface area contributed by atoms with Crippen molar-refractivity contribution in [3.05, 3.63) is 149 Å². The highest BCUT2D eigenvalue weighted by atomic mass is 32.1. The summed E-state index contributed by atoms with van der Waals surface area (Å²) in [6.45, 7) is 0. The zero-order valence-corrected chi connectivity index (χ0v) is 21.6. The molecule has 0 radical (unpaired) electrons. The average Bonchev–Trinajstić information content (AvgIpc) is 3.43. The van der Waals surface area contributed by atoms with Gasteiger partial charge in [-0.25, -0.2) is 0 Å². The van der Waals surface area contributed by atoms with Crippen molar-refractivity contribution in [3.63, 3.8) is 0 Å². The number of thiophene rings is 1. The Morgan fingerprint density at radius 1 is 0.684 bits per heavy atom. The number of hydrogen-bond donors (Lipinski definition) is 0. The van der Waals surface area contributed by atoms with Crippen LogP contribution >= 0.6 is 11.3 Å². The molecule has 0 unspecified atom stereocenters. The van der Waals surface area contributed by atoms with E-state index >= 15 is 0 Å². The quantitative estimate of drug-likeness (QED) is 0.213. The number of ketones is 1. The van der Waals surface area contributed by atoms with Gasteiger partial charge in [-0.05, 0) is 48.0 Å². The second-order valence-corrected chi connectivity index (χ2v) is 10.1. The van der Waals surface area contributed by atoms with Crippen molar-refractivity contribution in [1.29, 1.82) is 0 Å². The smallest absolute Gasteiger partial charge is 0.251 e. The summed E-state index contributed by atoms with van der Waals surface area (Å²) < 4.78 is 2.42. The topological polar surface area (TPSA) is 42.3 Å². The van der Waals surface area contributed by atoms with E-state index in [0.717, 1.165) is 37.7 Å². The van der Waals surface area contributed by atoms with E-state index in [1.807, 2.05) is 60.7 Å². The van der Waals surface area contributed by atoms with Crippen LogP contribution in [0, 0.1) is 0 Å². The molecule has 6 rings (SSSR count). The predicted molar refractivity (Wildman–Crippen MR) is 157 cm³/mol. The number of anilines is 3. The lowest BCUT2D eigenvalue weighted by Crippen LogP contribution is -2.18. The van der Waals surface area contributed by atoms with Gasteiger partial charge in [0.1, 0.15) is 0 Å². The lowest BCUT2D eigenvalue weighted by molar-refractivity contribution is 0.104. The van der Waals surface area contributed by atoms with Crippen LogP contribution in [-0.2, 0) is 7.05 Å². The highest BCUT2D eigenvalue weighted by Crippen LogP contribution is 2.38. The Morgan fingerprint density at radius 2 is 1.21 bits per heavy atom. The van der Waals surface area contributed by atoms with E-state index in [1.165, 1.54) is 17.4 Å². The van der Waals surface area contributed by atoms with Crippen LogP contribution in [0.3, 0.4) is 0 Å². The van der Waals surface area contributed by atoms with Crippen molar-refractivity contribution < 1.29 is 4.79 Å². The maximum absolute atomic E-state index is 13.3. The van der Waals surface area contributed by atoms with Crippen molar-refractivity contribution in [2.24, 2.45) is 7.05 Å². The molecule has 6 aromatic rings. The number of rotatable bonds is 6. The van der Waals surface area contributed by atoms with E-state index in [4.69, 9.17) is 0 Å². The molecule has 0 atom stereocenters. The summed E-state index contributed by atoms with van der Waals surface area (Å²) in [7, 11) is 1.75. The van der Waals surface area contributed by atoms with E-state index in [2.05, 4.69) is 53.4 Å². The Morgan fingerprint density at radius 3 is 1.79 bits per heavy atom. The molecule has 4 aromatic carbocycles. The highest BCUT2D eigenvalue weighted by molar-refractivity contribution is 7.22. The molecule has 0 amide bonds. The van der Waals surface area contributed by atoms with Gasteiger partial charge in [-0.2, -0.15) is 0 Å². The number of pyridine rings is 1. The fourth-order valence-corrected chi connectivity index (χ4v) is 5.87. The summed E-state index contributed by atoms with van der Waals surface area (Å²) in [6.07, 6.45) is 0. The highest BCUT2D eigenvalue weighted by Gasteiger charge is 2.19. The van der Waals surface area contributed by atoms with Gasteiger partial charge in [-0.15, -0.1) is 11.3 Å². The standard InChI is InChI=1S/C33H24N2O2S/c1-34-29-22-30(38-33(29)28(21-31(34)36)32(37)24-11-5-2-6-12-24)23-17-19-27(20-18-23)35(25-13-7-3-8-14-25)26-15-9-4-10-16-26/h2-22H,1H3. The molecular formula is C33H24N2O2S. The van der Waals surface area contributed by atoms with Gasteiger partial charge >= 0.3 is 0 Å². The molecule has 0 aliphatic rings. The van der Waals surface area contributed by atoms with Crippen LogP contribution < -0.4 is 10.5 Å². The van der Waals surface area contributed by atoms with E-state index in [-0.39, 0.29) is 11.3 Å². The van der Waals surface area contributed by atoms with Gasteiger partial charge in [0.05, 0.1) is 10.2 Å². The van der Waals surface area contributed by atoms with Gasteiger partial charge in [0.25, 0.3) is 5.56 Å². The lowest BCUT2D eigenvalue weighted by Gasteiger charge is -2.25. The minimum Gasteiger partial charge on any atom is -0.311 e. The minimum atomic E-state index is -0.196. The molecule has 0 spiro atoms. The van der Waals surface area contributed by atoms with Crippen molar-refractivity contribution in [1.82, 2.24) is 4.57 Å². The normalized spacial score (nSPS) is 11.0. The van der Waals surface area contributed by atoms with Crippen molar-refractivity contribution in [2.75, 3.05) is 4.90 Å². The molecule has 4 nitrogen and oxygen atoms in total. The number of aromatic nitrogens is 1. The first-order chi connectivity index (χ1) is 18.6. The number of benzene rings is 4. The molecular weight excluding hydrogens is 488 g/mol. The SMILES string of the molecule is Cn1c(=O)cc(C(=O)c2ccccc2)c2sc(-c3ccc(N(c4ccccc4)c4ccccc4)cc3)cc21. The van der Waals surface area contributed by atoms with Gasteiger partial charge in [0.15, 0.2) is 5.78 Å². The van der Waals surface area contributed by atoms with Crippen molar-refractivity contribution in [3.8, 4) is 10.4 Å². The number of aryl methyl sites for hydroxylation is 1. The summed E-state index contributed by atoms with van der Waals surface area (Å²) >= 11 is 1.54. The van der Waals surface area contributed by atoms with E-state index in [1.54, 1.807) is 23.7 Å². The van der Waals surface area contributed by atoms with Gasteiger partial charge in [0.2, 0.25) is 0 Å². The zero-order chi connectivity index (χ0) is 26.1. The third kappa shape index (κ3) is 4.33. The Labute approximate surface area is 224 Å². The third-order valence-electron chi connectivity index (χ3n) is 6.64. The van der Waals surface area contributed by atoms with Crippen LogP contribution in [0.5, 0.6) is 0 Å². The Kier molecular flexibility index (Phi) is 6.20. The molecule has 0 N–H and O–H groups in total. The molecule has 2 heterocycles. The van der Waals surface area contributed by atoms with Crippen LogP contribution in [0.25, 0.3) is 20.7 Å². The van der Waals surface area contributed by atoms with E-state index < -0.39 is 0 Å². The summed E-state index contributed by atoms with van der Waals surface area (Å²) in [4.78, 5) is 29.3. The second-order valence-electron chi connectivity index (χ2n) is 9.03. The second kappa shape index (κ2) is 9.96. The van der Waals surface area contributed by atoms with Crippen LogP contribution in [-0.4, -0.2) is 10.4 Å². The summed E-state index contributed by atoms with van der Waals surface area (Å²) in [6, 6.07) is 41.5. The number of carbonyl (C=O) groups excluding carboxylic acids is 1. The monoisotopic (exact) mass is 512 g/mol. The zero-order valence-electron chi connectivity index (χ0n) is 20.7. The van der Waals surface area contributed by atoms with Gasteiger partial charge in [-0.1, -0.05) is 78.9 Å². The van der Waals surface area contributed by atoms with E-state index in [0.29, 0.717) is 11.1 Å². The predicted octanol–water partition coefficient (Wildman–Crippen LogP) is 7.97. The van der Waals surface area contributed by atoms with Crippen LogP contribution in [0.1, 0.15) is 15.9 Å². The number of carbonyl (C=O) groups is 1. The molecule has 0 aliphatic carbocycles. The lowest BCUT2D eigenvalue weighted by atomic mass is 10.0. The fraction of sp³-hybridized carbons (Fsp3) is 0.0303. The van der Waals surface area contributed by atoms with E-state index in [9.17, 15) is 9.59 Å². The molecule has 0 bridgehead atoms. The molecule has 0 saturated carbocycles. The van der Waals surface area contributed by atoms with Crippen LogP contribution in [0.15, 0.2) is 132 Å². The summed E-state index contributed by atoms with van der Waals surface area (Å²) in [5.74, 6) is -0.140. The summed E-state index contributed by atoms with van der Waals surface area (Å²) in [5.41, 5.74) is 5.81. The first kappa shape index (κ1) is 23.6. The summed E-state index contributed by atoms with van der Waals surface area (Å²) in [5, 5.41) is 0. The molecule has 0 saturated heterocycles. The van der Waals surface area contributed by atoms with Crippen molar-refractivity contribution in [2.45, 2.75) is 0 Å². The Hall–Kier alpha value is -4.74. The maximum Gasteiger partial charge on any atom is 0.251 e. The molecule has 38 heavy (non-hydrogen) atoms. The Balaban J connectivity index is 1.42. The minimum absolute atomic E-state index is 0.140. The van der Waals surface area contributed by atoms with Gasteiger partial charge in [0, 0.05) is 46.2 Å². The third-order valence-corrected chi connectivity index (χ3v) is 7.84. The number of para-hydroxylation sites is 2. The van der Waals surface area contributed by atoms with Gasteiger partial charge in [-0.3, -0.25) is 9.59 Å². The van der Waals surface area contributed by atoms with Crippen LogP contribution in [0.2, 0.25) is 0 Å². The first-order valence-electron chi connectivity index (χ1n) is 12.3. The molecule has 0 aliphatic heterocycles. The van der Waals surface area contributed by atoms with Crippen LogP contribution in [0.4, 0.5) is 17.1 Å². The number of hydrogen-bond acceptors (Lipinski definition) is 4. The molecule has 184 valence electrons. The van der Waals surface area contributed by atoms with Crippen molar-refractivity contribution >= 4 is 44.4 Å². The Bertz CT molecular complexity index is 1750. The fourth-order valence-electron chi connectivity index (χ4n) is 4.66. The number of fused-ring (bicyclic) bond motifs is 1. The average molecular weight is 513 g/mol. The number of nitrogens with zero attached hydrogens (tertiary/aromatic N) is 2. The van der Waals surface area contributed by atoms with Gasteiger partial charge < -0.3 is 9.47 Å². The maximum atomic E-state index is 13.3. The molecule has 0 fully saturated rings. The largest absolute Gasteiger partial charge is 0.311 e.